The van der Waals surface area contributed by atoms with E-state index >= 15 is 0 Å². The zero-order valence-electron chi connectivity index (χ0n) is 15.4. The van der Waals surface area contributed by atoms with Gasteiger partial charge in [0.05, 0.1) is 15.4 Å². The fraction of sp³-hybridized carbons (Fsp3) is 0.0909. The van der Waals surface area contributed by atoms with Gasteiger partial charge in [-0.05, 0) is 55.3 Å². The van der Waals surface area contributed by atoms with Gasteiger partial charge in [0, 0.05) is 33.3 Å². The highest BCUT2D eigenvalue weighted by atomic mass is 35.5. The van der Waals surface area contributed by atoms with Gasteiger partial charge in [0.2, 0.25) is 0 Å². The third-order valence-electron chi connectivity index (χ3n) is 4.15. The van der Waals surface area contributed by atoms with Crippen molar-refractivity contribution >= 4 is 44.3 Å². The lowest BCUT2D eigenvalue weighted by atomic mass is 10.0. The number of ketones is 1. The van der Waals surface area contributed by atoms with Crippen LogP contribution in [0, 0.1) is 0 Å². The van der Waals surface area contributed by atoms with Crippen LogP contribution in [0.15, 0.2) is 77.7 Å². The predicted octanol–water partition coefficient (Wildman–Crippen LogP) is 5.11. The van der Waals surface area contributed by atoms with Crippen LogP contribution in [0.25, 0.3) is 0 Å². The summed E-state index contributed by atoms with van der Waals surface area (Å²) in [7, 11) is -2.87. The molecule has 0 aliphatic heterocycles. The van der Waals surface area contributed by atoms with Crippen LogP contribution < -0.4 is 10.0 Å². The van der Waals surface area contributed by atoms with Crippen molar-refractivity contribution < 1.29 is 9.00 Å². The standard InChI is InChI=1S/C22H21ClN2O2S/c1-3-24-18-10-12-19(13-11-18)28(2,27)25-21-14-9-17(23)15-20(21)22(26)16-7-5-4-6-8-16/h4-15,24H,2-3H2,1H3,(H,25,27). The molecule has 0 bridgehead atoms. The van der Waals surface area contributed by atoms with Gasteiger partial charge in [-0.1, -0.05) is 41.9 Å². The summed E-state index contributed by atoms with van der Waals surface area (Å²) in [6, 6.07) is 21.0. The Labute approximate surface area is 170 Å². The van der Waals surface area contributed by atoms with E-state index in [0.29, 0.717) is 26.7 Å². The number of carbonyl (C=O) groups is 1. The molecule has 6 heteroatoms. The Hall–Kier alpha value is -2.76. The summed E-state index contributed by atoms with van der Waals surface area (Å²) in [5, 5.41) is 3.62. The molecule has 0 aromatic heterocycles. The van der Waals surface area contributed by atoms with E-state index in [1.54, 1.807) is 54.6 Å². The second kappa shape index (κ2) is 8.50. The lowest BCUT2D eigenvalue weighted by molar-refractivity contribution is 0.103. The number of benzene rings is 3. The van der Waals surface area contributed by atoms with Crippen LogP contribution in [-0.4, -0.2) is 22.4 Å². The molecule has 1 atom stereocenters. The zero-order valence-corrected chi connectivity index (χ0v) is 17.0. The molecule has 0 spiro atoms. The second-order valence-electron chi connectivity index (χ2n) is 6.22. The molecule has 3 aromatic rings. The predicted molar refractivity (Wildman–Crippen MR) is 119 cm³/mol. The third kappa shape index (κ3) is 4.55. The van der Waals surface area contributed by atoms with Crippen LogP contribution in [-0.2, 0) is 9.71 Å². The molecule has 0 aliphatic carbocycles. The normalized spacial score (nSPS) is 12.8. The molecule has 28 heavy (non-hydrogen) atoms. The maximum absolute atomic E-state index is 13.2. The maximum atomic E-state index is 13.2. The van der Waals surface area contributed by atoms with E-state index in [0.717, 1.165) is 12.2 Å². The molecule has 0 saturated heterocycles. The Bertz CT molecular complexity index is 1080. The van der Waals surface area contributed by atoms with Crippen molar-refractivity contribution in [1.82, 2.24) is 0 Å². The summed E-state index contributed by atoms with van der Waals surface area (Å²) in [5.41, 5.74) is 2.24. The van der Waals surface area contributed by atoms with E-state index in [9.17, 15) is 9.00 Å². The van der Waals surface area contributed by atoms with E-state index in [1.165, 1.54) is 0 Å². The highest BCUT2D eigenvalue weighted by Gasteiger charge is 2.17. The van der Waals surface area contributed by atoms with Gasteiger partial charge < -0.3 is 10.0 Å². The summed E-state index contributed by atoms with van der Waals surface area (Å²) in [6.45, 7) is 2.80. The highest BCUT2D eigenvalue weighted by molar-refractivity contribution is 8.01. The largest absolute Gasteiger partial charge is 0.385 e. The lowest BCUT2D eigenvalue weighted by Crippen LogP contribution is -2.16. The molecular weight excluding hydrogens is 392 g/mol. The number of rotatable bonds is 7. The van der Waals surface area contributed by atoms with Gasteiger partial charge in [-0.3, -0.25) is 4.79 Å². The first-order valence-corrected chi connectivity index (χ1v) is 10.9. The molecule has 144 valence electrons. The van der Waals surface area contributed by atoms with Gasteiger partial charge in [-0.15, -0.1) is 0 Å². The number of halogens is 1. The zero-order chi connectivity index (χ0) is 20.1. The van der Waals surface area contributed by atoms with Gasteiger partial charge in [0.25, 0.3) is 0 Å². The Balaban J connectivity index is 1.94. The molecule has 4 nitrogen and oxygen atoms in total. The quantitative estimate of drug-likeness (QED) is 0.419. The SMILES string of the molecule is C=S(=O)(Nc1ccc(Cl)cc1C(=O)c1ccccc1)c1ccc(NCC)cc1. The number of carbonyl (C=O) groups excluding carboxylic acids is 1. The van der Waals surface area contributed by atoms with Crippen molar-refractivity contribution in [2.45, 2.75) is 11.8 Å². The lowest BCUT2D eigenvalue weighted by Gasteiger charge is -2.16. The number of hydrogen-bond acceptors (Lipinski definition) is 3. The highest BCUT2D eigenvalue weighted by Crippen LogP contribution is 2.26. The van der Waals surface area contributed by atoms with Crippen molar-refractivity contribution in [3.8, 4) is 0 Å². The Kier molecular flexibility index (Phi) is 6.07. The van der Waals surface area contributed by atoms with Gasteiger partial charge in [-0.25, -0.2) is 4.21 Å². The number of hydrogen-bond donors (Lipinski definition) is 2. The minimum atomic E-state index is -2.87. The van der Waals surface area contributed by atoms with Crippen molar-refractivity contribution in [3.63, 3.8) is 0 Å². The minimum Gasteiger partial charge on any atom is -0.385 e. The molecule has 0 amide bonds. The van der Waals surface area contributed by atoms with E-state index in [-0.39, 0.29) is 5.78 Å². The van der Waals surface area contributed by atoms with Crippen LogP contribution in [0.3, 0.4) is 0 Å². The average Bonchev–Trinajstić information content (AvgIpc) is 2.70. The molecule has 0 saturated carbocycles. The molecule has 0 radical (unpaired) electrons. The summed E-state index contributed by atoms with van der Waals surface area (Å²) in [5.74, 6) is 3.65. The molecule has 0 heterocycles. The Morgan fingerprint density at radius 1 is 1.04 bits per heavy atom. The summed E-state index contributed by atoms with van der Waals surface area (Å²) in [4.78, 5) is 13.5. The first-order chi connectivity index (χ1) is 13.4. The van der Waals surface area contributed by atoms with Crippen molar-refractivity contribution in [2.24, 2.45) is 0 Å². The van der Waals surface area contributed by atoms with E-state index in [1.807, 2.05) is 25.1 Å². The molecule has 3 rings (SSSR count). The van der Waals surface area contributed by atoms with Crippen molar-refractivity contribution in [2.75, 3.05) is 16.6 Å². The molecule has 1 unspecified atom stereocenters. The Morgan fingerprint density at radius 2 is 1.71 bits per heavy atom. The first kappa shape index (κ1) is 20.0. The van der Waals surface area contributed by atoms with Crippen LogP contribution in [0.1, 0.15) is 22.8 Å². The number of nitrogens with one attached hydrogen (secondary N) is 2. The monoisotopic (exact) mass is 412 g/mol. The summed E-state index contributed by atoms with van der Waals surface area (Å²) >= 11 is 6.11. The van der Waals surface area contributed by atoms with Crippen molar-refractivity contribution in [3.05, 3.63) is 88.9 Å². The minimum absolute atomic E-state index is 0.205. The van der Waals surface area contributed by atoms with Crippen LogP contribution in [0.5, 0.6) is 0 Å². The first-order valence-electron chi connectivity index (χ1n) is 8.79. The molecule has 0 aliphatic rings. The molecule has 3 aromatic carbocycles. The van der Waals surface area contributed by atoms with Crippen molar-refractivity contribution in [1.29, 1.82) is 0 Å². The van der Waals surface area contributed by atoms with Gasteiger partial charge >= 0.3 is 0 Å². The van der Waals surface area contributed by atoms with Crippen LogP contribution >= 0.6 is 11.6 Å². The van der Waals surface area contributed by atoms with E-state index < -0.39 is 9.71 Å². The molecule has 2 N–H and O–H groups in total. The number of anilines is 2. The molecular formula is C22H21ClN2O2S. The van der Waals surface area contributed by atoms with E-state index in [2.05, 4.69) is 15.9 Å². The van der Waals surface area contributed by atoms with E-state index in [4.69, 9.17) is 11.6 Å². The Morgan fingerprint density at radius 3 is 2.36 bits per heavy atom. The van der Waals surface area contributed by atoms with Gasteiger partial charge in [-0.2, -0.15) is 0 Å². The maximum Gasteiger partial charge on any atom is 0.195 e. The smallest absolute Gasteiger partial charge is 0.195 e. The summed E-state index contributed by atoms with van der Waals surface area (Å²) < 4.78 is 16.2. The summed E-state index contributed by atoms with van der Waals surface area (Å²) in [6.07, 6.45) is 0. The third-order valence-corrected chi connectivity index (χ3v) is 5.97. The topological polar surface area (TPSA) is 58.2 Å². The fourth-order valence-corrected chi connectivity index (χ4v) is 4.17. The fourth-order valence-electron chi connectivity index (χ4n) is 2.77. The second-order valence-corrected chi connectivity index (χ2v) is 8.68. The van der Waals surface area contributed by atoms with Gasteiger partial charge in [0.15, 0.2) is 5.78 Å². The molecule has 0 fully saturated rings. The van der Waals surface area contributed by atoms with Crippen LogP contribution in [0.2, 0.25) is 5.02 Å². The van der Waals surface area contributed by atoms with Crippen LogP contribution in [0.4, 0.5) is 11.4 Å². The average molecular weight is 413 g/mol. The van der Waals surface area contributed by atoms with Gasteiger partial charge in [0.1, 0.15) is 0 Å².